The van der Waals surface area contributed by atoms with Crippen LogP contribution in [0.15, 0.2) is 63.1 Å². The van der Waals surface area contributed by atoms with Crippen molar-refractivity contribution in [1.82, 2.24) is 9.88 Å². The third-order valence-electron chi connectivity index (χ3n) is 8.11. The van der Waals surface area contributed by atoms with Gasteiger partial charge in [-0.25, -0.2) is 0 Å². The molecule has 0 radical (unpaired) electrons. The van der Waals surface area contributed by atoms with Gasteiger partial charge in [-0.05, 0) is 107 Å². The summed E-state index contributed by atoms with van der Waals surface area (Å²) in [5.74, 6) is 0. The maximum atomic E-state index is 6.73. The monoisotopic (exact) mass is 446 g/mol. The van der Waals surface area contributed by atoms with Gasteiger partial charge in [-0.1, -0.05) is 23.3 Å². The van der Waals surface area contributed by atoms with Crippen LogP contribution >= 0.6 is 0 Å². The van der Waals surface area contributed by atoms with Crippen LogP contribution in [0.5, 0.6) is 0 Å². The van der Waals surface area contributed by atoms with E-state index in [1.165, 1.54) is 50.4 Å². The van der Waals surface area contributed by atoms with Crippen LogP contribution in [-0.2, 0) is 6.42 Å². The van der Waals surface area contributed by atoms with Gasteiger partial charge in [-0.2, -0.15) is 0 Å². The number of nitrogens with zero attached hydrogens (tertiary/aromatic N) is 1. The average Bonchev–Trinajstić information content (AvgIpc) is 3.16. The largest absolute Gasteiger partial charge is 0.401 e. The Morgan fingerprint density at radius 2 is 1.55 bits per heavy atom. The summed E-state index contributed by atoms with van der Waals surface area (Å²) in [6.45, 7) is 17.4. The first-order valence-electron chi connectivity index (χ1n) is 12.0. The number of nitrogens with one attached hydrogen (secondary N) is 1. The highest BCUT2D eigenvalue weighted by molar-refractivity contribution is 5.57. The highest BCUT2D eigenvalue weighted by Gasteiger charge is 2.30. The SMILES string of the molecule is CC1=C(C)C2CC(N)/C(C)=C(C)\C=C\c3[nH]c(c(C)c3C)C/C(N)=C(C)/C(C)=C/C=C/1N2C. The second-order valence-electron chi connectivity index (χ2n) is 9.97. The Morgan fingerprint density at radius 1 is 0.879 bits per heavy atom. The minimum absolute atomic E-state index is 0.00683. The number of H-pyrrole nitrogens is 1. The van der Waals surface area contributed by atoms with Crippen LogP contribution in [0.4, 0.5) is 0 Å². The molecule has 3 rings (SSSR count). The van der Waals surface area contributed by atoms with Gasteiger partial charge in [0.05, 0.1) is 6.04 Å². The smallest absolute Gasteiger partial charge is 0.0520 e. The first-order chi connectivity index (χ1) is 15.4. The Hall–Kier alpha value is -2.72. The van der Waals surface area contributed by atoms with Crippen molar-refractivity contribution in [2.45, 2.75) is 80.3 Å². The Kier molecular flexibility index (Phi) is 7.28. The Balaban J connectivity index is 2.16. The van der Waals surface area contributed by atoms with E-state index in [9.17, 15) is 0 Å². The standard InChI is InChI=1S/C29H42N4/c1-16-10-12-26-20(5)21(6)27(32-26)14-24(30)18(3)17(2)11-13-28-22(7)23(8)29(33(28)9)15-25(31)19(16)4/h10-13,25,29,32H,14-15,30-31H2,1-9H3/b12-10+,17-11+,19-16-,24-18-,28-13-. The maximum absolute atomic E-state index is 6.73. The minimum atomic E-state index is 0.00683. The molecular formula is C29H42N4. The molecule has 2 aliphatic rings. The number of aromatic nitrogens is 1. The van der Waals surface area contributed by atoms with Crippen molar-refractivity contribution in [1.29, 1.82) is 0 Å². The molecule has 0 fully saturated rings. The molecule has 0 saturated heterocycles. The maximum Gasteiger partial charge on any atom is 0.0520 e. The van der Waals surface area contributed by atoms with Gasteiger partial charge in [0.15, 0.2) is 0 Å². The van der Waals surface area contributed by atoms with E-state index in [-0.39, 0.29) is 6.04 Å². The summed E-state index contributed by atoms with van der Waals surface area (Å²) in [6, 6.07) is 0.315. The zero-order valence-corrected chi connectivity index (χ0v) is 22.0. The number of hydrogen-bond donors (Lipinski definition) is 3. The number of hydrogen-bond acceptors (Lipinski definition) is 3. The van der Waals surface area contributed by atoms with E-state index in [1.807, 2.05) is 0 Å². The van der Waals surface area contributed by atoms with Crippen molar-refractivity contribution in [3.05, 3.63) is 85.6 Å². The lowest BCUT2D eigenvalue weighted by Crippen LogP contribution is -2.35. The molecule has 4 nitrogen and oxygen atoms in total. The van der Waals surface area contributed by atoms with E-state index >= 15 is 0 Å². The number of nitrogens with two attached hydrogens (primary N) is 2. The third kappa shape index (κ3) is 4.81. The number of rotatable bonds is 0. The quantitative estimate of drug-likeness (QED) is 0.460. The van der Waals surface area contributed by atoms with Gasteiger partial charge in [-0.3, -0.25) is 0 Å². The summed E-state index contributed by atoms with van der Waals surface area (Å²) in [5.41, 5.74) is 27.9. The molecule has 0 aromatic carbocycles. The normalized spacial score (nSPS) is 31.6. The molecular weight excluding hydrogens is 404 g/mol. The molecule has 2 aliphatic heterocycles. The minimum Gasteiger partial charge on any atom is -0.401 e. The molecule has 1 aromatic heterocycles. The summed E-state index contributed by atoms with van der Waals surface area (Å²) < 4.78 is 0. The lowest BCUT2D eigenvalue weighted by Gasteiger charge is -2.28. The van der Waals surface area contributed by atoms with Gasteiger partial charge in [0, 0.05) is 42.3 Å². The summed E-state index contributed by atoms with van der Waals surface area (Å²) in [6.07, 6.45) is 10.4. The highest BCUT2D eigenvalue weighted by Crippen LogP contribution is 2.35. The van der Waals surface area contributed by atoms with E-state index in [0.29, 0.717) is 12.5 Å². The summed E-state index contributed by atoms with van der Waals surface area (Å²) >= 11 is 0. The molecule has 4 heteroatoms. The Labute approximate surface area is 200 Å². The van der Waals surface area contributed by atoms with Crippen molar-refractivity contribution >= 4 is 6.08 Å². The fourth-order valence-corrected chi connectivity index (χ4v) is 4.83. The molecule has 4 bridgehead atoms. The molecule has 2 unspecified atom stereocenters. The molecule has 5 N–H and O–H groups in total. The van der Waals surface area contributed by atoms with Crippen molar-refractivity contribution < 1.29 is 0 Å². The molecule has 3 heterocycles. The lowest BCUT2D eigenvalue weighted by molar-refractivity contribution is 0.341. The zero-order valence-electron chi connectivity index (χ0n) is 22.0. The van der Waals surface area contributed by atoms with E-state index < -0.39 is 0 Å². The van der Waals surface area contributed by atoms with Crippen molar-refractivity contribution in [3.63, 3.8) is 0 Å². The van der Waals surface area contributed by atoms with Gasteiger partial charge in [0.25, 0.3) is 0 Å². The zero-order chi connectivity index (χ0) is 24.6. The summed E-state index contributed by atoms with van der Waals surface area (Å²) in [4.78, 5) is 5.99. The predicted octanol–water partition coefficient (Wildman–Crippen LogP) is 5.97. The topological polar surface area (TPSA) is 71.1 Å². The molecule has 0 spiro atoms. The van der Waals surface area contributed by atoms with Crippen LogP contribution in [0, 0.1) is 13.8 Å². The van der Waals surface area contributed by atoms with Gasteiger partial charge < -0.3 is 21.4 Å². The number of aromatic amines is 1. The average molecular weight is 447 g/mol. The van der Waals surface area contributed by atoms with Gasteiger partial charge >= 0.3 is 0 Å². The number of fused-ring (bicyclic) bond motifs is 4. The molecule has 0 saturated carbocycles. The van der Waals surface area contributed by atoms with Crippen molar-refractivity contribution in [2.24, 2.45) is 11.5 Å². The Morgan fingerprint density at radius 3 is 2.21 bits per heavy atom. The van der Waals surface area contributed by atoms with Crippen LogP contribution in [0.2, 0.25) is 0 Å². The van der Waals surface area contributed by atoms with Gasteiger partial charge in [-0.15, -0.1) is 0 Å². The molecule has 2 atom stereocenters. The lowest BCUT2D eigenvalue weighted by atomic mass is 9.94. The van der Waals surface area contributed by atoms with E-state index in [0.717, 1.165) is 23.4 Å². The van der Waals surface area contributed by atoms with Gasteiger partial charge in [0.2, 0.25) is 0 Å². The third-order valence-corrected chi connectivity index (χ3v) is 8.11. The van der Waals surface area contributed by atoms with Crippen LogP contribution in [0.3, 0.4) is 0 Å². The van der Waals surface area contributed by atoms with Crippen LogP contribution in [0.1, 0.15) is 70.5 Å². The second kappa shape index (κ2) is 9.64. The highest BCUT2D eigenvalue weighted by atomic mass is 15.2. The fraction of sp³-hybridized carbons (Fsp3) is 0.448. The molecule has 33 heavy (non-hydrogen) atoms. The van der Waals surface area contributed by atoms with Crippen molar-refractivity contribution in [2.75, 3.05) is 7.05 Å². The summed E-state index contributed by atoms with van der Waals surface area (Å²) in [5, 5.41) is 0. The molecule has 1 aromatic rings. The first kappa shape index (κ1) is 24.9. The molecule has 0 amide bonds. The van der Waals surface area contributed by atoms with E-state index in [1.54, 1.807) is 0 Å². The Bertz CT molecular complexity index is 1130. The first-order valence-corrected chi connectivity index (χ1v) is 12.0. The predicted molar refractivity (Wildman–Crippen MR) is 143 cm³/mol. The number of allylic oxidation sites excluding steroid dienone is 8. The summed E-state index contributed by atoms with van der Waals surface area (Å²) in [7, 11) is 2.18. The molecule has 0 aliphatic carbocycles. The van der Waals surface area contributed by atoms with Crippen molar-refractivity contribution in [3.8, 4) is 0 Å². The second-order valence-corrected chi connectivity index (χ2v) is 9.97. The number of likely N-dealkylation sites (N-methyl/N-ethyl adjacent to an activating group) is 1. The van der Waals surface area contributed by atoms with Gasteiger partial charge in [0.1, 0.15) is 0 Å². The molecule has 178 valence electrons. The van der Waals surface area contributed by atoms with Crippen LogP contribution in [-0.4, -0.2) is 29.0 Å². The fourth-order valence-electron chi connectivity index (χ4n) is 4.83. The van der Waals surface area contributed by atoms with E-state index in [4.69, 9.17) is 11.5 Å². The van der Waals surface area contributed by atoms with E-state index in [2.05, 4.69) is 96.6 Å². The van der Waals surface area contributed by atoms with Crippen LogP contribution in [0.25, 0.3) is 6.08 Å². The van der Waals surface area contributed by atoms with Crippen LogP contribution < -0.4 is 11.5 Å².